The van der Waals surface area contributed by atoms with E-state index in [0.29, 0.717) is 0 Å². The Morgan fingerprint density at radius 2 is 2.14 bits per heavy atom. The Balaban J connectivity index is 2.28. The van der Waals surface area contributed by atoms with Crippen molar-refractivity contribution >= 4 is 6.08 Å². The smallest absolute Gasteiger partial charge is 0.129 e. The lowest BCUT2D eigenvalue weighted by atomic mass is 10.00. The molecule has 0 heterocycles. The van der Waals surface area contributed by atoms with Crippen molar-refractivity contribution in [3.05, 3.63) is 34.4 Å². The van der Waals surface area contributed by atoms with Gasteiger partial charge in [-0.1, -0.05) is 18.2 Å². The standard InChI is InChI=1S/C13H14O/c1-14-13-11-6-2-4-9(11)8-10-5-3-7-12(10)13/h2,6,8H,3-5,7H2,1H3. The molecule has 1 heteroatoms. The van der Waals surface area contributed by atoms with E-state index >= 15 is 0 Å². The van der Waals surface area contributed by atoms with E-state index in [-0.39, 0.29) is 0 Å². The molecule has 2 aliphatic rings. The Labute approximate surface area is 84.4 Å². The van der Waals surface area contributed by atoms with Crippen LogP contribution < -0.4 is 4.74 Å². The Bertz CT molecular complexity index is 415. The Morgan fingerprint density at radius 3 is 3.00 bits per heavy atom. The van der Waals surface area contributed by atoms with Gasteiger partial charge in [-0.25, -0.2) is 0 Å². The van der Waals surface area contributed by atoms with Crippen molar-refractivity contribution < 1.29 is 4.74 Å². The number of methoxy groups -OCH3 is 1. The molecule has 0 saturated carbocycles. The van der Waals surface area contributed by atoms with Crippen LogP contribution in [0.5, 0.6) is 5.75 Å². The monoisotopic (exact) mass is 186 g/mol. The fourth-order valence-electron chi connectivity index (χ4n) is 2.67. The molecule has 3 rings (SSSR count). The minimum absolute atomic E-state index is 1.08. The second-order valence-electron chi connectivity index (χ2n) is 4.08. The number of aryl methyl sites for hydroxylation is 1. The summed E-state index contributed by atoms with van der Waals surface area (Å²) in [7, 11) is 1.79. The maximum Gasteiger partial charge on any atom is 0.129 e. The van der Waals surface area contributed by atoms with Gasteiger partial charge in [-0.15, -0.1) is 0 Å². The van der Waals surface area contributed by atoms with Crippen LogP contribution in [0.15, 0.2) is 12.1 Å². The van der Waals surface area contributed by atoms with Crippen LogP contribution in [-0.2, 0) is 19.3 Å². The quantitative estimate of drug-likeness (QED) is 0.655. The maximum atomic E-state index is 5.55. The number of allylic oxidation sites excluding steroid dienone is 1. The predicted molar refractivity (Wildman–Crippen MR) is 57.8 cm³/mol. The number of hydrogen-bond donors (Lipinski definition) is 0. The predicted octanol–water partition coefficient (Wildman–Crippen LogP) is 2.75. The highest BCUT2D eigenvalue weighted by atomic mass is 16.5. The van der Waals surface area contributed by atoms with Crippen molar-refractivity contribution in [1.29, 1.82) is 0 Å². The minimum atomic E-state index is 1.08. The Hall–Kier alpha value is -1.24. The average molecular weight is 186 g/mol. The molecule has 1 aromatic carbocycles. The third-order valence-electron chi connectivity index (χ3n) is 3.30. The fraction of sp³-hybridized carbons (Fsp3) is 0.385. The second-order valence-corrected chi connectivity index (χ2v) is 4.08. The first kappa shape index (κ1) is 8.10. The number of fused-ring (bicyclic) bond motifs is 2. The van der Waals surface area contributed by atoms with E-state index in [4.69, 9.17) is 4.74 Å². The minimum Gasteiger partial charge on any atom is -0.496 e. The molecular formula is C13H14O. The lowest BCUT2D eigenvalue weighted by molar-refractivity contribution is 0.409. The third-order valence-corrected chi connectivity index (χ3v) is 3.30. The van der Waals surface area contributed by atoms with Crippen molar-refractivity contribution in [2.24, 2.45) is 0 Å². The Kier molecular flexibility index (Phi) is 1.66. The first-order chi connectivity index (χ1) is 6.90. The molecule has 0 amide bonds. The topological polar surface area (TPSA) is 9.23 Å². The highest BCUT2D eigenvalue weighted by Gasteiger charge is 2.21. The van der Waals surface area contributed by atoms with Gasteiger partial charge in [0.25, 0.3) is 0 Å². The van der Waals surface area contributed by atoms with Crippen molar-refractivity contribution in [2.75, 3.05) is 7.11 Å². The van der Waals surface area contributed by atoms with Crippen LogP contribution in [-0.4, -0.2) is 7.11 Å². The molecule has 0 spiro atoms. The number of ether oxygens (including phenoxy) is 1. The SMILES string of the molecule is COc1c2c(cc3c1CCC3)CC=C2. The van der Waals surface area contributed by atoms with Crippen molar-refractivity contribution in [1.82, 2.24) is 0 Å². The zero-order valence-corrected chi connectivity index (χ0v) is 8.47. The van der Waals surface area contributed by atoms with Crippen LogP contribution in [0.4, 0.5) is 0 Å². The summed E-state index contributed by atoms with van der Waals surface area (Å²) in [6.07, 6.45) is 9.23. The Morgan fingerprint density at radius 1 is 1.21 bits per heavy atom. The molecule has 0 aromatic heterocycles. The van der Waals surface area contributed by atoms with Crippen LogP contribution in [0.3, 0.4) is 0 Å². The molecule has 72 valence electrons. The van der Waals surface area contributed by atoms with Crippen molar-refractivity contribution in [2.45, 2.75) is 25.7 Å². The first-order valence-electron chi connectivity index (χ1n) is 5.28. The zero-order valence-electron chi connectivity index (χ0n) is 8.47. The van der Waals surface area contributed by atoms with E-state index in [1.54, 1.807) is 7.11 Å². The summed E-state index contributed by atoms with van der Waals surface area (Å²) in [5, 5.41) is 0. The molecule has 0 bridgehead atoms. The van der Waals surface area contributed by atoms with E-state index in [1.165, 1.54) is 41.5 Å². The van der Waals surface area contributed by atoms with Gasteiger partial charge in [-0.3, -0.25) is 0 Å². The molecule has 14 heavy (non-hydrogen) atoms. The van der Waals surface area contributed by atoms with E-state index in [1.807, 2.05) is 0 Å². The molecule has 2 aliphatic carbocycles. The van der Waals surface area contributed by atoms with Gasteiger partial charge >= 0.3 is 0 Å². The van der Waals surface area contributed by atoms with Gasteiger partial charge in [0.2, 0.25) is 0 Å². The van der Waals surface area contributed by atoms with Gasteiger partial charge in [0.15, 0.2) is 0 Å². The fourth-order valence-corrected chi connectivity index (χ4v) is 2.67. The zero-order chi connectivity index (χ0) is 9.54. The average Bonchev–Trinajstić information content (AvgIpc) is 2.80. The number of rotatable bonds is 1. The molecule has 0 atom stereocenters. The van der Waals surface area contributed by atoms with E-state index in [9.17, 15) is 0 Å². The lowest BCUT2D eigenvalue weighted by Gasteiger charge is -2.12. The van der Waals surface area contributed by atoms with Gasteiger partial charge in [0.05, 0.1) is 7.11 Å². The maximum absolute atomic E-state index is 5.55. The highest BCUT2D eigenvalue weighted by Crippen LogP contribution is 2.39. The van der Waals surface area contributed by atoms with Gasteiger partial charge in [0.1, 0.15) is 5.75 Å². The summed E-state index contributed by atoms with van der Waals surface area (Å²) in [5.41, 5.74) is 5.75. The van der Waals surface area contributed by atoms with Gasteiger partial charge < -0.3 is 4.74 Å². The normalized spacial score (nSPS) is 16.9. The molecule has 0 aliphatic heterocycles. The third kappa shape index (κ3) is 0.955. The largest absolute Gasteiger partial charge is 0.496 e. The second kappa shape index (κ2) is 2.88. The van der Waals surface area contributed by atoms with Gasteiger partial charge in [-0.2, -0.15) is 0 Å². The lowest BCUT2D eigenvalue weighted by Crippen LogP contribution is -1.96. The van der Waals surface area contributed by atoms with Gasteiger partial charge in [0, 0.05) is 5.56 Å². The van der Waals surface area contributed by atoms with E-state index < -0.39 is 0 Å². The van der Waals surface area contributed by atoms with Gasteiger partial charge in [-0.05, 0) is 42.4 Å². The van der Waals surface area contributed by atoms with Crippen molar-refractivity contribution in [3.63, 3.8) is 0 Å². The first-order valence-corrected chi connectivity index (χ1v) is 5.28. The van der Waals surface area contributed by atoms with Crippen LogP contribution >= 0.6 is 0 Å². The molecule has 0 radical (unpaired) electrons. The summed E-state index contributed by atoms with van der Waals surface area (Å²) in [5.74, 6) is 1.14. The molecular weight excluding hydrogens is 172 g/mol. The molecule has 1 nitrogen and oxygen atoms in total. The summed E-state index contributed by atoms with van der Waals surface area (Å²) in [6, 6.07) is 2.38. The summed E-state index contributed by atoms with van der Waals surface area (Å²) in [6.45, 7) is 0. The molecule has 0 N–H and O–H groups in total. The molecule has 1 aromatic rings. The van der Waals surface area contributed by atoms with E-state index in [0.717, 1.165) is 12.2 Å². The molecule has 0 fully saturated rings. The van der Waals surface area contributed by atoms with Crippen LogP contribution in [0.2, 0.25) is 0 Å². The van der Waals surface area contributed by atoms with Crippen molar-refractivity contribution in [3.8, 4) is 5.75 Å². The molecule has 0 unspecified atom stereocenters. The van der Waals surface area contributed by atoms with E-state index in [2.05, 4.69) is 18.2 Å². The highest BCUT2D eigenvalue weighted by molar-refractivity contribution is 5.70. The van der Waals surface area contributed by atoms with Crippen LogP contribution in [0.25, 0.3) is 6.08 Å². The number of benzene rings is 1. The van der Waals surface area contributed by atoms with Crippen LogP contribution in [0.1, 0.15) is 28.7 Å². The molecule has 0 saturated heterocycles. The van der Waals surface area contributed by atoms with Crippen LogP contribution in [0, 0.1) is 0 Å². The summed E-state index contributed by atoms with van der Waals surface area (Å²) in [4.78, 5) is 0. The summed E-state index contributed by atoms with van der Waals surface area (Å²) < 4.78 is 5.55. The summed E-state index contributed by atoms with van der Waals surface area (Å²) >= 11 is 0. The number of hydrogen-bond acceptors (Lipinski definition) is 1.